The summed E-state index contributed by atoms with van der Waals surface area (Å²) in [5.74, 6) is 0. The van der Waals surface area contributed by atoms with Gasteiger partial charge in [0, 0.05) is 12.7 Å². The van der Waals surface area contributed by atoms with E-state index in [1.807, 2.05) is 43.3 Å². The first-order valence-electron chi connectivity index (χ1n) is 6.50. The molecule has 1 heterocycles. The topological polar surface area (TPSA) is 49.0 Å². The SMILES string of the molecule is C[C@@H](NNC(=S)NCc1ccccc1)c1ccccn1. The van der Waals surface area contributed by atoms with Crippen LogP contribution >= 0.6 is 12.2 Å². The number of rotatable bonds is 5. The molecule has 1 aromatic carbocycles. The summed E-state index contributed by atoms with van der Waals surface area (Å²) in [5, 5.41) is 3.71. The van der Waals surface area contributed by atoms with Gasteiger partial charge >= 0.3 is 0 Å². The van der Waals surface area contributed by atoms with Gasteiger partial charge < -0.3 is 5.32 Å². The molecular weight excluding hydrogens is 268 g/mol. The highest BCUT2D eigenvalue weighted by Gasteiger charge is 2.05. The third-order valence-corrected chi connectivity index (χ3v) is 3.08. The first kappa shape index (κ1) is 14.4. The van der Waals surface area contributed by atoms with Gasteiger partial charge in [-0.25, -0.2) is 5.43 Å². The zero-order valence-electron chi connectivity index (χ0n) is 11.3. The van der Waals surface area contributed by atoms with Gasteiger partial charge in [0.05, 0.1) is 11.7 Å². The van der Waals surface area contributed by atoms with Crippen molar-refractivity contribution in [1.29, 1.82) is 0 Å². The van der Waals surface area contributed by atoms with Crippen LogP contribution in [-0.2, 0) is 6.54 Å². The van der Waals surface area contributed by atoms with Gasteiger partial charge in [-0.15, -0.1) is 0 Å². The molecule has 20 heavy (non-hydrogen) atoms. The monoisotopic (exact) mass is 286 g/mol. The Morgan fingerprint density at radius 1 is 1.15 bits per heavy atom. The van der Waals surface area contributed by atoms with E-state index in [4.69, 9.17) is 12.2 Å². The third-order valence-electron chi connectivity index (χ3n) is 2.83. The fourth-order valence-corrected chi connectivity index (χ4v) is 1.83. The number of pyridine rings is 1. The minimum Gasteiger partial charge on any atom is -0.358 e. The Labute approximate surface area is 124 Å². The lowest BCUT2D eigenvalue weighted by molar-refractivity contribution is 0.528. The Kier molecular flexibility index (Phi) is 5.46. The van der Waals surface area contributed by atoms with E-state index in [1.54, 1.807) is 6.20 Å². The van der Waals surface area contributed by atoms with Crippen molar-refractivity contribution in [3.8, 4) is 0 Å². The van der Waals surface area contributed by atoms with Crippen LogP contribution in [0.25, 0.3) is 0 Å². The van der Waals surface area contributed by atoms with Crippen molar-refractivity contribution >= 4 is 17.3 Å². The van der Waals surface area contributed by atoms with Crippen LogP contribution in [0.3, 0.4) is 0 Å². The molecule has 4 nitrogen and oxygen atoms in total. The van der Waals surface area contributed by atoms with Gasteiger partial charge in [0.1, 0.15) is 0 Å². The second-order valence-electron chi connectivity index (χ2n) is 4.41. The summed E-state index contributed by atoms with van der Waals surface area (Å²) in [6.07, 6.45) is 1.78. The van der Waals surface area contributed by atoms with E-state index in [0.29, 0.717) is 11.7 Å². The highest BCUT2D eigenvalue weighted by molar-refractivity contribution is 7.80. The number of aromatic nitrogens is 1. The predicted molar refractivity (Wildman–Crippen MR) is 84.8 cm³/mol. The Bertz CT molecular complexity index is 530. The largest absolute Gasteiger partial charge is 0.358 e. The third kappa shape index (κ3) is 4.60. The van der Waals surface area contributed by atoms with Crippen LogP contribution in [-0.4, -0.2) is 10.1 Å². The fraction of sp³-hybridized carbons (Fsp3) is 0.200. The first-order chi connectivity index (χ1) is 9.75. The Morgan fingerprint density at radius 2 is 1.90 bits per heavy atom. The maximum Gasteiger partial charge on any atom is 0.181 e. The van der Waals surface area contributed by atoms with Gasteiger partial charge in [0.15, 0.2) is 5.11 Å². The molecule has 0 saturated carbocycles. The lowest BCUT2D eigenvalue weighted by Gasteiger charge is -2.16. The van der Waals surface area contributed by atoms with Crippen molar-refractivity contribution in [2.45, 2.75) is 19.5 Å². The Balaban J connectivity index is 1.73. The summed E-state index contributed by atoms with van der Waals surface area (Å²) in [6.45, 7) is 2.72. The average Bonchev–Trinajstić information content (AvgIpc) is 2.52. The molecule has 5 heteroatoms. The number of nitrogens with zero attached hydrogens (tertiary/aromatic N) is 1. The van der Waals surface area contributed by atoms with E-state index < -0.39 is 0 Å². The minimum absolute atomic E-state index is 0.0766. The normalized spacial score (nSPS) is 11.7. The Morgan fingerprint density at radius 3 is 2.60 bits per heavy atom. The smallest absolute Gasteiger partial charge is 0.181 e. The van der Waals surface area contributed by atoms with E-state index in [1.165, 1.54) is 5.56 Å². The summed E-state index contributed by atoms with van der Waals surface area (Å²) in [4.78, 5) is 4.28. The molecule has 0 spiro atoms. The van der Waals surface area contributed by atoms with Crippen LogP contribution in [0.2, 0.25) is 0 Å². The van der Waals surface area contributed by atoms with E-state index in [9.17, 15) is 0 Å². The maximum atomic E-state index is 5.22. The molecule has 104 valence electrons. The molecule has 2 aromatic rings. The molecule has 3 N–H and O–H groups in total. The van der Waals surface area contributed by atoms with Gasteiger partial charge in [-0.2, -0.15) is 0 Å². The van der Waals surface area contributed by atoms with Crippen molar-refractivity contribution in [2.75, 3.05) is 0 Å². The lowest BCUT2D eigenvalue weighted by Crippen LogP contribution is -2.44. The van der Waals surface area contributed by atoms with Crippen LogP contribution in [0.15, 0.2) is 54.7 Å². The van der Waals surface area contributed by atoms with Gasteiger partial charge in [0.2, 0.25) is 0 Å². The molecule has 0 unspecified atom stereocenters. The summed E-state index contributed by atoms with van der Waals surface area (Å²) in [5.41, 5.74) is 8.25. The maximum absolute atomic E-state index is 5.22. The number of hydrazine groups is 1. The van der Waals surface area contributed by atoms with Gasteiger partial charge in [-0.3, -0.25) is 10.4 Å². The molecule has 2 rings (SSSR count). The second kappa shape index (κ2) is 7.57. The average molecular weight is 286 g/mol. The lowest BCUT2D eigenvalue weighted by atomic mass is 10.2. The molecule has 0 saturated heterocycles. The molecule has 0 fully saturated rings. The Hall–Kier alpha value is -1.98. The molecule has 0 aliphatic carbocycles. The number of hydrogen-bond donors (Lipinski definition) is 3. The van der Waals surface area contributed by atoms with Gasteiger partial charge in [-0.05, 0) is 36.8 Å². The van der Waals surface area contributed by atoms with E-state index in [2.05, 4.69) is 33.3 Å². The van der Waals surface area contributed by atoms with E-state index in [-0.39, 0.29) is 6.04 Å². The first-order valence-corrected chi connectivity index (χ1v) is 6.91. The van der Waals surface area contributed by atoms with E-state index >= 15 is 0 Å². The molecular formula is C15H18N4S. The van der Waals surface area contributed by atoms with E-state index in [0.717, 1.165) is 5.69 Å². The fourth-order valence-electron chi connectivity index (χ4n) is 1.70. The summed E-state index contributed by atoms with van der Waals surface area (Å²) >= 11 is 5.22. The zero-order chi connectivity index (χ0) is 14.2. The number of nitrogens with one attached hydrogen (secondary N) is 3. The highest BCUT2D eigenvalue weighted by Crippen LogP contribution is 2.05. The molecule has 0 bridgehead atoms. The van der Waals surface area contributed by atoms with Crippen LogP contribution in [0.4, 0.5) is 0 Å². The second-order valence-corrected chi connectivity index (χ2v) is 4.82. The molecule has 0 amide bonds. The molecule has 1 aromatic heterocycles. The van der Waals surface area contributed by atoms with Crippen molar-refractivity contribution in [2.24, 2.45) is 0 Å². The molecule has 1 atom stereocenters. The van der Waals surface area contributed by atoms with Crippen LogP contribution in [0.5, 0.6) is 0 Å². The molecule has 0 aliphatic heterocycles. The van der Waals surface area contributed by atoms with Crippen molar-refractivity contribution in [3.05, 3.63) is 66.0 Å². The summed E-state index contributed by atoms with van der Waals surface area (Å²) < 4.78 is 0. The van der Waals surface area contributed by atoms with Gasteiger partial charge in [-0.1, -0.05) is 36.4 Å². The van der Waals surface area contributed by atoms with Crippen LogP contribution < -0.4 is 16.2 Å². The number of hydrogen-bond acceptors (Lipinski definition) is 3. The predicted octanol–water partition coefficient (Wildman–Crippen LogP) is 2.31. The molecule has 0 radical (unpaired) electrons. The summed E-state index contributed by atoms with van der Waals surface area (Å²) in [6, 6.07) is 16.0. The minimum atomic E-state index is 0.0766. The highest BCUT2D eigenvalue weighted by atomic mass is 32.1. The zero-order valence-corrected chi connectivity index (χ0v) is 12.2. The van der Waals surface area contributed by atoms with Crippen molar-refractivity contribution < 1.29 is 0 Å². The van der Waals surface area contributed by atoms with Crippen LogP contribution in [0.1, 0.15) is 24.2 Å². The number of thiocarbonyl (C=S) groups is 1. The van der Waals surface area contributed by atoms with Crippen molar-refractivity contribution in [3.63, 3.8) is 0 Å². The van der Waals surface area contributed by atoms with Crippen LogP contribution in [0, 0.1) is 0 Å². The quantitative estimate of drug-likeness (QED) is 0.582. The standard InChI is InChI=1S/C15H18N4S/c1-12(14-9-5-6-10-16-14)18-19-15(20)17-11-13-7-3-2-4-8-13/h2-10,12,18H,11H2,1H3,(H2,17,19,20)/t12-/m1/s1. The number of benzene rings is 1. The van der Waals surface area contributed by atoms with Gasteiger partial charge in [0.25, 0.3) is 0 Å². The summed E-state index contributed by atoms with van der Waals surface area (Å²) in [7, 11) is 0. The molecule has 0 aliphatic rings. The van der Waals surface area contributed by atoms with Crippen molar-refractivity contribution in [1.82, 2.24) is 21.2 Å².